The lowest BCUT2D eigenvalue weighted by Crippen LogP contribution is -2.41. The van der Waals surface area contributed by atoms with E-state index < -0.39 is 12.0 Å². The van der Waals surface area contributed by atoms with Crippen molar-refractivity contribution >= 4 is 23.2 Å². The quantitative estimate of drug-likeness (QED) is 0.549. The third-order valence-electron chi connectivity index (χ3n) is 1.51. The molecule has 0 aromatic carbocycles. The molecule has 13 heavy (non-hydrogen) atoms. The van der Waals surface area contributed by atoms with Gasteiger partial charge in [-0.2, -0.15) is 0 Å². The van der Waals surface area contributed by atoms with Crippen molar-refractivity contribution in [3.05, 3.63) is 0 Å². The van der Waals surface area contributed by atoms with Crippen molar-refractivity contribution in [2.75, 3.05) is 0 Å². The van der Waals surface area contributed by atoms with Crippen molar-refractivity contribution < 1.29 is 9.90 Å². The largest absolute Gasteiger partial charge is 0.480 e. The van der Waals surface area contributed by atoms with Crippen molar-refractivity contribution in [3.63, 3.8) is 0 Å². The molecule has 0 saturated carbocycles. The van der Waals surface area contributed by atoms with Crippen LogP contribution in [0.25, 0.3) is 0 Å². The van der Waals surface area contributed by atoms with Crippen molar-refractivity contribution in [1.29, 1.82) is 0 Å². The first-order chi connectivity index (χ1) is 5.93. The first kappa shape index (κ1) is 12.3. The highest BCUT2D eigenvalue weighted by Crippen LogP contribution is 1.99. The Morgan fingerprint density at radius 2 is 2.15 bits per heavy atom. The Morgan fingerprint density at radius 1 is 1.62 bits per heavy atom. The predicted octanol–water partition coefficient (Wildman–Crippen LogP) is 0.504. The molecule has 0 aliphatic heterocycles. The molecule has 0 fully saturated rings. The molecule has 0 saturated heterocycles. The van der Waals surface area contributed by atoms with Crippen LogP contribution in [0.4, 0.5) is 0 Å². The molecule has 0 rings (SSSR count). The SMILES string of the molecule is CC(C)NC(CCC(N)=S)C(=O)O. The van der Waals surface area contributed by atoms with Gasteiger partial charge < -0.3 is 16.2 Å². The summed E-state index contributed by atoms with van der Waals surface area (Å²) >= 11 is 4.67. The smallest absolute Gasteiger partial charge is 0.320 e. The maximum Gasteiger partial charge on any atom is 0.320 e. The summed E-state index contributed by atoms with van der Waals surface area (Å²) in [5.74, 6) is -0.857. The molecule has 0 radical (unpaired) electrons. The molecule has 0 aromatic heterocycles. The van der Waals surface area contributed by atoms with Gasteiger partial charge in [0.2, 0.25) is 0 Å². The normalized spacial score (nSPS) is 12.8. The number of carboxylic acid groups (broad SMARTS) is 1. The molecule has 5 heteroatoms. The summed E-state index contributed by atoms with van der Waals surface area (Å²) in [6, 6.07) is -0.408. The van der Waals surface area contributed by atoms with Crippen LogP contribution in [0.3, 0.4) is 0 Å². The molecular formula is C8H16N2O2S. The summed E-state index contributed by atoms with van der Waals surface area (Å²) in [6.45, 7) is 3.80. The van der Waals surface area contributed by atoms with Crippen LogP contribution >= 0.6 is 12.2 Å². The van der Waals surface area contributed by atoms with Gasteiger partial charge in [-0.3, -0.25) is 4.79 Å². The minimum Gasteiger partial charge on any atom is -0.480 e. The molecule has 0 amide bonds. The van der Waals surface area contributed by atoms with E-state index in [1.807, 2.05) is 13.8 Å². The Labute approximate surface area is 83.5 Å². The molecule has 76 valence electrons. The van der Waals surface area contributed by atoms with Gasteiger partial charge in [0.05, 0.1) is 4.99 Å². The molecule has 0 aliphatic carbocycles. The molecule has 0 bridgehead atoms. The standard InChI is InChI=1S/C8H16N2O2S/c1-5(2)10-6(8(11)12)3-4-7(9)13/h5-6,10H,3-4H2,1-2H3,(H2,9,13)(H,11,12). The molecule has 0 heterocycles. The Bertz CT molecular complexity index is 195. The van der Waals surface area contributed by atoms with E-state index in [2.05, 4.69) is 17.5 Å². The first-order valence-electron chi connectivity index (χ1n) is 4.20. The Balaban J connectivity index is 3.95. The van der Waals surface area contributed by atoms with E-state index in [0.29, 0.717) is 17.8 Å². The van der Waals surface area contributed by atoms with Gasteiger partial charge in [-0.1, -0.05) is 26.1 Å². The second-order valence-electron chi connectivity index (χ2n) is 3.22. The summed E-state index contributed by atoms with van der Waals surface area (Å²) in [5.41, 5.74) is 5.28. The molecule has 0 aliphatic rings. The van der Waals surface area contributed by atoms with Gasteiger partial charge in [0.1, 0.15) is 6.04 Å². The topological polar surface area (TPSA) is 75.3 Å². The molecule has 1 atom stereocenters. The Hall–Kier alpha value is -0.680. The summed E-state index contributed by atoms with van der Waals surface area (Å²) in [5, 5.41) is 11.7. The first-order valence-corrected chi connectivity index (χ1v) is 4.61. The molecule has 0 spiro atoms. The van der Waals surface area contributed by atoms with Gasteiger partial charge in [0, 0.05) is 6.04 Å². The number of hydrogen-bond donors (Lipinski definition) is 3. The third kappa shape index (κ3) is 6.48. The number of carboxylic acids is 1. The van der Waals surface area contributed by atoms with Gasteiger partial charge in [-0.25, -0.2) is 0 Å². The fourth-order valence-corrected chi connectivity index (χ4v) is 1.08. The van der Waals surface area contributed by atoms with E-state index in [1.54, 1.807) is 0 Å². The van der Waals surface area contributed by atoms with E-state index in [4.69, 9.17) is 10.8 Å². The number of nitrogens with two attached hydrogens (primary N) is 1. The van der Waals surface area contributed by atoms with Crippen molar-refractivity contribution in [3.8, 4) is 0 Å². The van der Waals surface area contributed by atoms with E-state index in [1.165, 1.54) is 0 Å². The Kier molecular flexibility index (Phi) is 5.57. The highest BCUT2D eigenvalue weighted by Gasteiger charge is 2.17. The molecule has 1 unspecified atom stereocenters. The molecule has 4 nitrogen and oxygen atoms in total. The van der Waals surface area contributed by atoms with Crippen LogP contribution in [0.2, 0.25) is 0 Å². The van der Waals surface area contributed by atoms with Crippen LogP contribution in [0, 0.1) is 0 Å². The van der Waals surface area contributed by atoms with Gasteiger partial charge in [0.15, 0.2) is 0 Å². The van der Waals surface area contributed by atoms with Gasteiger partial charge in [-0.15, -0.1) is 0 Å². The number of thiocarbonyl (C=S) groups is 1. The van der Waals surface area contributed by atoms with Crippen LogP contribution < -0.4 is 11.1 Å². The van der Waals surface area contributed by atoms with E-state index in [-0.39, 0.29) is 6.04 Å². The van der Waals surface area contributed by atoms with E-state index >= 15 is 0 Å². The minimum absolute atomic E-state index is 0.146. The molecular weight excluding hydrogens is 188 g/mol. The number of nitrogens with one attached hydrogen (secondary N) is 1. The molecule has 4 N–H and O–H groups in total. The average molecular weight is 204 g/mol. The predicted molar refractivity (Wildman–Crippen MR) is 55.7 cm³/mol. The lowest BCUT2D eigenvalue weighted by atomic mass is 10.1. The summed E-state index contributed by atoms with van der Waals surface area (Å²) in [4.78, 5) is 11.1. The van der Waals surface area contributed by atoms with E-state index in [9.17, 15) is 4.79 Å². The van der Waals surface area contributed by atoms with Crippen LogP contribution in [0.5, 0.6) is 0 Å². The monoisotopic (exact) mass is 204 g/mol. The number of rotatable bonds is 6. The maximum atomic E-state index is 10.7. The fourth-order valence-electron chi connectivity index (χ4n) is 0.967. The average Bonchev–Trinajstić information content (AvgIpc) is 1.96. The van der Waals surface area contributed by atoms with Crippen LogP contribution in [0.1, 0.15) is 26.7 Å². The summed E-state index contributed by atoms with van der Waals surface area (Å²) in [7, 11) is 0. The second-order valence-corrected chi connectivity index (χ2v) is 3.74. The third-order valence-corrected chi connectivity index (χ3v) is 1.72. The number of carbonyl (C=O) groups is 1. The fraction of sp³-hybridized carbons (Fsp3) is 0.750. The zero-order valence-electron chi connectivity index (χ0n) is 7.91. The van der Waals surface area contributed by atoms with Crippen LogP contribution in [-0.4, -0.2) is 28.1 Å². The number of hydrogen-bond acceptors (Lipinski definition) is 3. The maximum absolute atomic E-state index is 10.7. The number of aliphatic carboxylic acids is 1. The van der Waals surface area contributed by atoms with Crippen molar-refractivity contribution in [2.45, 2.75) is 38.8 Å². The summed E-state index contributed by atoms with van der Waals surface area (Å²) < 4.78 is 0. The highest BCUT2D eigenvalue weighted by molar-refractivity contribution is 7.80. The minimum atomic E-state index is -0.857. The van der Waals surface area contributed by atoms with Gasteiger partial charge >= 0.3 is 5.97 Å². The van der Waals surface area contributed by atoms with Crippen molar-refractivity contribution in [2.24, 2.45) is 5.73 Å². The van der Waals surface area contributed by atoms with Gasteiger partial charge in [-0.05, 0) is 12.8 Å². The van der Waals surface area contributed by atoms with Crippen LogP contribution in [-0.2, 0) is 4.79 Å². The van der Waals surface area contributed by atoms with Gasteiger partial charge in [0.25, 0.3) is 0 Å². The van der Waals surface area contributed by atoms with Crippen molar-refractivity contribution in [1.82, 2.24) is 5.32 Å². The lowest BCUT2D eigenvalue weighted by molar-refractivity contribution is -0.139. The highest BCUT2D eigenvalue weighted by atomic mass is 32.1. The second kappa shape index (κ2) is 5.88. The lowest BCUT2D eigenvalue weighted by Gasteiger charge is -2.16. The summed E-state index contributed by atoms with van der Waals surface area (Å²) in [6.07, 6.45) is 0.912. The zero-order valence-corrected chi connectivity index (χ0v) is 8.73. The zero-order chi connectivity index (χ0) is 10.4. The molecule has 0 aromatic rings. The van der Waals surface area contributed by atoms with Crippen LogP contribution in [0.15, 0.2) is 0 Å². The Morgan fingerprint density at radius 3 is 2.46 bits per heavy atom. The van der Waals surface area contributed by atoms with E-state index in [0.717, 1.165) is 0 Å².